The summed E-state index contributed by atoms with van der Waals surface area (Å²) >= 11 is 4.73. The summed E-state index contributed by atoms with van der Waals surface area (Å²) in [5, 5.41) is 11.1. The summed E-state index contributed by atoms with van der Waals surface area (Å²) in [5.74, 6) is 0. The largest absolute Gasteiger partial charge is 0.393 e. The second kappa shape index (κ2) is 21.5. The molecule has 0 saturated heterocycles. The number of thiocarbonyl (C=S) groups is 1. The fourth-order valence-corrected chi connectivity index (χ4v) is 2.38. The lowest BCUT2D eigenvalue weighted by Crippen LogP contribution is -2.04. The molecule has 2 heteroatoms. The van der Waals surface area contributed by atoms with E-state index in [4.69, 9.17) is 12.2 Å². The van der Waals surface area contributed by atoms with Gasteiger partial charge in [0.1, 0.15) is 0 Å². The van der Waals surface area contributed by atoms with Gasteiger partial charge in [-0.15, -0.1) is 0 Å². The molecule has 0 rings (SSSR count). The molecule has 0 aromatic heterocycles. The number of hydrogen-bond donors (Lipinski definition) is 1. The highest BCUT2D eigenvalue weighted by Crippen LogP contribution is 2.02. The van der Waals surface area contributed by atoms with Crippen molar-refractivity contribution in [1.82, 2.24) is 0 Å². The van der Waals surface area contributed by atoms with Crippen LogP contribution in [0.25, 0.3) is 0 Å². The van der Waals surface area contributed by atoms with Crippen molar-refractivity contribution >= 4 is 17.6 Å². The fraction of sp³-hybridized carbons (Fsp3) is 0.458. The SMILES string of the molecule is CCC=CCC=CCC=CCC=CCC=CCC=CCCC(O)CC=S. The molecule has 0 aromatic carbocycles. The number of hydrogen-bond acceptors (Lipinski definition) is 2. The average Bonchev–Trinajstić information content (AvgIpc) is 2.64. The Morgan fingerprint density at radius 3 is 1.42 bits per heavy atom. The van der Waals surface area contributed by atoms with Crippen LogP contribution in [0.1, 0.15) is 64.7 Å². The van der Waals surface area contributed by atoms with E-state index < -0.39 is 0 Å². The van der Waals surface area contributed by atoms with Gasteiger partial charge in [-0.25, -0.2) is 0 Å². The molecule has 0 amide bonds. The van der Waals surface area contributed by atoms with Gasteiger partial charge in [0.2, 0.25) is 0 Å². The normalized spacial score (nSPS) is 14.2. The number of aliphatic hydroxyl groups is 1. The highest BCUT2D eigenvalue weighted by Gasteiger charge is 1.98. The molecule has 0 aliphatic rings. The van der Waals surface area contributed by atoms with Crippen LogP contribution in [0, 0.1) is 0 Å². The molecule has 1 nitrogen and oxygen atoms in total. The maximum absolute atomic E-state index is 9.53. The number of aliphatic hydroxyl groups excluding tert-OH is 1. The maximum atomic E-state index is 9.53. The van der Waals surface area contributed by atoms with Crippen LogP contribution in [0.5, 0.6) is 0 Å². The molecular weight excluding hydrogens is 336 g/mol. The van der Waals surface area contributed by atoms with Crippen LogP contribution in [0.15, 0.2) is 72.9 Å². The molecule has 26 heavy (non-hydrogen) atoms. The molecule has 0 fully saturated rings. The van der Waals surface area contributed by atoms with Crippen molar-refractivity contribution < 1.29 is 5.11 Å². The van der Waals surface area contributed by atoms with Crippen molar-refractivity contribution in [2.75, 3.05) is 0 Å². The third-order valence-corrected chi connectivity index (χ3v) is 3.82. The second-order valence-corrected chi connectivity index (χ2v) is 6.38. The highest BCUT2D eigenvalue weighted by molar-refractivity contribution is 7.78. The Labute approximate surface area is 166 Å². The Morgan fingerprint density at radius 1 is 0.654 bits per heavy atom. The van der Waals surface area contributed by atoms with Crippen LogP contribution in [0.3, 0.4) is 0 Å². The Morgan fingerprint density at radius 2 is 1.04 bits per heavy atom. The molecular formula is C24H36OS. The second-order valence-electron chi connectivity index (χ2n) is 6.05. The first-order valence-electron chi connectivity index (χ1n) is 9.82. The van der Waals surface area contributed by atoms with E-state index in [1.165, 1.54) is 0 Å². The summed E-state index contributed by atoms with van der Waals surface area (Å²) < 4.78 is 0. The van der Waals surface area contributed by atoms with Crippen LogP contribution >= 0.6 is 12.2 Å². The Kier molecular flexibility index (Phi) is 20.3. The van der Waals surface area contributed by atoms with E-state index >= 15 is 0 Å². The Hall–Kier alpha value is -1.51. The van der Waals surface area contributed by atoms with Gasteiger partial charge in [-0.1, -0.05) is 92.1 Å². The summed E-state index contributed by atoms with van der Waals surface area (Å²) in [6.07, 6.45) is 34.5. The quantitative estimate of drug-likeness (QED) is 0.228. The molecule has 0 heterocycles. The zero-order chi connectivity index (χ0) is 19.1. The Balaban J connectivity index is 3.54. The van der Waals surface area contributed by atoms with Gasteiger partial charge in [0.05, 0.1) is 6.10 Å². The van der Waals surface area contributed by atoms with E-state index in [1.807, 2.05) is 0 Å². The highest BCUT2D eigenvalue weighted by atomic mass is 32.1. The zero-order valence-electron chi connectivity index (χ0n) is 16.3. The summed E-state index contributed by atoms with van der Waals surface area (Å²) in [7, 11) is 0. The maximum Gasteiger partial charge on any atom is 0.0585 e. The van der Waals surface area contributed by atoms with Crippen LogP contribution < -0.4 is 0 Å². The number of allylic oxidation sites excluding steroid dienone is 12. The van der Waals surface area contributed by atoms with E-state index in [2.05, 4.69) is 79.8 Å². The van der Waals surface area contributed by atoms with Crippen molar-refractivity contribution in [2.45, 2.75) is 70.8 Å². The van der Waals surface area contributed by atoms with Gasteiger partial charge in [-0.05, 0) is 56.7 Å². The van der Waals surface area contributed by atoms with Crippen molar-refractivity contribution in [1.29, 1.82) is 0 Å². The monoisotopic (exact) mass is 372 g/mol. The molecule has 0 aliphatic carbocycles. The fourth-order valence-electron chi connectivity index (χ4n) is 2.16. The van der Waals surface area contributed by atoms with E-state index in [-0.39, 0.29) is 6.10 Å². The molecule has 0 bridgehead atoms. The minimum Gasteiger partial charge on any atom is -0.393 e. The van der Waals surface area contributed by atoms with Gasteiger partial charge in [-0.2, -0.15) is 0 Å². The van der Waals surface area contributed by atoms with Gasteiger partial charge in [-0.3, -0.25) is 0 Å². The van der Waals surface area contributed by atoms with Crippen LogP contribution in [0.4, 0.5) is 0 Å². The first kappa shape index (κ1) is 24.5. The van der Waals surface area contributed by atoms with Gasteiger partial charge in [0.15, 0.2) is 0 Å². The molecule has 1 atom stereocenters. The summed E-state index contributed by atoms with van der Waals surface area (Å²) in [6.45, 7) is 2.16. The molecule has 144 valence electrons. The van der Waals surface area contributed by atoms with E-state index in [9.17, 15) is 5.11 Å². The third kappa shape index (κ3) is 20.5. The zero-order valence-corrected chi connectivity index (χ0v) is 17.1. The van der Waals surface area contributed by atoms with Gasteiger partial charge in [0, 0.05) is 6.42 Å². The summed E-state index contributed by atoms with van der Waals surface area (Å²) in [4.78, 5) is 0. The minimum atomic E-state index is -0.286. The van der Waals surface area contributed by atoms with Crippen molar-refractivity contribution in [3.63, 3.8) is 0 Å². The number of rotatable bonds is 16. The lowest BCUT2D eigenvalue weighted by Gasteiger charge is -2.03. The predicted molar refractivity (Wildman–Crippen MR) is 122 cm³/mol. The molecule has 0 aromatic rings. The standard InChI is InChI=1S/C24H36OS/c1-2-3-4-5-6-7-8-9-10-11-12-13-14-15-16-17-18-19-20-21-24(25)22-23-26/h3-4,6-7,9-10,12-13,15-16,18-19,23-25H,2,5,8,11,14,17,20-22H2,1H3. The topological polar surface area (TPSA) is 20.2 Å². The Bertz CT molecular complexity index is 480. The van der Waals surface area contributed by atoms with Gasteiger partial charge >= 0.3 is 0 Å². The third-order valence-electron chi connectivity index (χ3n) is 3.63. The van der Waals surface area contributed by atoms with Crippen LogP contribution in [-0.4, -0.2) is 16.6 Å². The smallest absolute Gasteiger partial charge is 0.0585 e. The lowest BCUT2D eigenvalue weighted by atomic mass is 10.1. The molecule has 1 N–H and O–H groups in total. The molecule has 1 unspecified atom stereocenters. The van der Waals surface area contributed by atoms with E-state index in [0.29, 0.717) is 6.42 Å². The average molecular weight is 373 g/mol. The lowest BCUT2D eigenvalue weighted by molar-refractivity contribution is 0.175. The molecule has 0 aliphatic heterocycles. The van der Waals surface area contributed by atoms with Crippen LogP contribution in [-0.2, 0) is 0 Å². The first-order valence-corrected chi connectivity index (χ1v) is 10.3. The summed E-state index contributed by atoms with van der Waals surface area (Å²) in [5.41, 5.74) is 0. The molecule has 0 saturated carbocycles. The van der Waals surface area contributed by atoms with E-state index in [1.54, 1.807) is 5.37 Å². The minimum absolute atomic E-state index is 0.286. The predicted octanol–water partition coefficient (Wildman–Crippen LogP) is 7.22. The first-order chi connectivity index (χ1) is 12.8. The van der Waals surface area contributed by atoms with Crippen LogP contribution in [0.2, 0.25) is 0 Å². The molecule has 0 spiro atoms. The summed E-state index contributed by atoms with van der Waals surface area (Å²) in [6, 6.07) is 0. The van der Waals surface area contributed by atoms with Gasteiger partial charge < -0.3 is 5.11 Å². The van der Waals surface area contributed by atoms with Crippen molar-refractivity contribution in [2.24, 2.45) is 0 Å². The van der Waals surface area contributed by atoms with E-state index in [0.717, 1.165) is 51.4 Å². The molecule has 0 radical (unpaired) electrons. The van der Waals surface area contributed by atoms with Crippen molar-refractivity contribution in [3.8, 4) is 0 Å². The van der Waals surface area contributed by atoms with Gasteiger partial charge in [0.25, 0.3) is 0 Å². The van der Waals surface area contributed by atoms with Crippen molar-refractivity contribution in [3.05, 3.63) is 72.9 Å².